The average molecular weight is 322 g/mol. The van der Waals surface area contributed by atoms with Crippen LogP contribution in [0.25, 0.3) is 0 Å². The van der Waals surface area contributed by atoms with Crippen molar-refractivity contribution in [2.24, 2.45) is 0 Å². The Labute approximate surface area is 116 Å². The number of rotatable bonds is 4. The number of carbonyl (C=O) groups is 1. The number of alkyl halides is 1. The summed E-state index contributed by atoms with van der Waals surface area (Å²) >= 11 is 5.19. The Kier molecular flexibility index (Phi) is 5.63. The molecule has 0 spiro atoms. The van der Waals surface area contributed by atoms with E-state index in [0.29, 0.717) is 12.0 Å². The predicted octanol–water partition coefficient (Wildman–Crippen LogP) is 2.28. The lowest BCUT2D eigenvalue weighted by Gasteiger charge is -2.33. The summed E-state index contributed by atoms with van der Waals surface area (Å²) in [6.45, 7) is 2.53. The molecule has 2 heterocycles. The summed E-state index contributed by atoms with van der Waals surface area (Å²) in [6, 6.07) is 0. The highest BCUT2D eigenvalue weighted by Crippen LogP contribution is 2.28. The normalized spacial score (nSPS) is 26.4. The molecule has 5 heteroatoms. The van der Waals surface area contributed by atoms with E-state index >= 15 is 0 Å². The van der Waals surface area contributed by atoms with Crippen LogP contribution >= 0.6 is 27.7 Å². The predicted molar refractivity (Wildman–Crippen MR) is 74.8 cm³/mol. The molecule has 0 aromatic rings. The minimum absolute atomic E-state index is 0.245. The Bertz CT molecular complexity index is 251. The fourth-order valence-electron chi connectivity index (χ4n) is 2.43. The standard InChI is InChI=1S/C12H20BrNO2S/c13-5-8-16-10-3-6-14(7-4-10)12(15)11-2-1-9-17-11/h10-11H,1-9H2. The number of carbonyl (C=O) groups excluding carboxylic acids is 1. The van der Waals surface area contributed by atoms with Gasteiger partial charge in [-0.2, -0.15) is 0 Å². The molecule has 0 N–H and O–H groups in total. The average Bonchev–Trinajstić information content (AvgIpc) is 2.90. The first-order valence-electron chi connectivity index (χ1n) is 6.39. The van der Waals surface area contributed by atoms with Crippen molar-refractivity contribution < 1.29 is 9.53 Å². The van der Waals surface area contributed by atoms with E-state index in [-0.39, 0.29) is 5.25 Å². The van der Waals surface area contributed by atoms with Crippen LogP contribution in [0, 0.1) is 0 Å². The summed E-state index contributed by atoms with van der Waals surface area (Å²) in [5.41, 5.74) is 0. The van der Waals surface area contributed by atoms with Crippen molar-refractivity contribution in [2.45, 2.75) is 37.0 Å². The lowest BCUT2D eigenvalue weighted by atomic mass is 10.1. The second-order valence-electron chi connectivity index (χ2n) is 4.59. The van der Waals surface area contributed by atoms with Crippen LogP contribution in [0.3, 0.4) is 0 Å². The van der Waals surface area contributed by atoms with Gasteiger partial charge < -0.3 is 9.64 Å². The fourth-order valence-corrected chi connectivity index (χ4v) is 3.86. The summed E-state index contributed by atoms with van der Waals surface area (Å²) in [5, 5.41) is 1.14. The molecule has 1 unspecified atom stereocenters. The third-order valence-electron chi connectivity index (χ3n) is 3.39. The molecule has 1 amide bonds. The molecule has 2 saturated heterocycles. The van der Waals surface area contributed by atoms with Gasteiger partial charge >= 0.3 is 0 Å². The van der Waals surface area contributed by atoms with Crippen LogP contribution in [-0.4, -0.2) is 52.9 Å². The van der Waals surface area contributed by atoms with E-state index in [1.54, 1.807) is 0 Å². The maximum Gasteiger partial charge on any atom is 0.235 e. The minimum atomic E-state index is 0.245. The topological polar surface area (TPSA) is 29.5 Å². The molecule has 0 bridgehead atoms. The summed E-state index contributed by atoms with van der Waals surface area (Å²) in [5.74, 6) is 1.52. The number of hydrogen-bond acceptors (Lipinski definition) is 3. The highest BCUT2D eigenvalue weighted by Gasteiger charge is 2.30. The van der Waals surface area contributed by atoms with Crippen molar-refractivity contribution in [3.8, 4) is 0 Å². The van der Waals surface area contributed by atoms with E-state index in [9.17, 15) is 4.79 Å². The molecule has 3 nitrogen and oxygen atoms in total. The molecule has 2 fully saturated rings. The Morgan fingerprint density at radius 1 is 1.35 bits per heavy atom. The lowest BCUT2D eigenvalue weighted by molar-refractivity contribution is -0.133. The SMILES string of the molecule is O=C(C1CCCS1)N1CCC(OCCBr)CC1. The van der Waals surface area contributed by atoms with Gasteiger partial charge in [0, 0.05) is 18.4 Å². The quantitative estimate of drug-likeness (QED) is 0.744. The first-order valence-corrected chi connectivity index (χ1v) is 8.56. The van der Waals surface area contributed by atoms with Crippen molar-refractivity contribution >= 4 is 33.6 Å². The molecule has 0 aromatic carbocycles. The maximum atomic E-state index is 12.2. The molecule has 2 rings (SSSR count). The van der Waals surface area contributed by atoms with Gasteiger partial charge in [0.15, 0.2) is 0 Å². The number of thioether (sulfide) groups is 1. The van der Waals surface area contributed by atoms with Crippen LogP contribution in [-0.2, 0) is 9.53 Å². The van der Waals surface area contributed by atoms with Gasteiger partial charge in [-0.05, 0) is 31.4 Å². The zero-order valence-corrected chi connectivity index (χ0v) is 12.5. The Balaban J connectivity index is 1.72. The molecule has 2 aliphatic heterocycles. The molecular weight excluding hydrogens is 302 g/mol. The maximum absolute atomic E-state index is 12.2. The van der Waals surface area contributed by atoms with Gasteiger partial charge in [-0.15, -0.1) is 11.8 Å². The number of amides is 1. The monoisotopic (exact) mass is 321 g/mol. The summed E-state index contributed by atoms with van der Waals surface area (Å²) < 4.78 is 5.70. The smallest absolute Gasteiger partial charge is 0.235 e. The van der Waals surface area contributed by atoms with Crippen LogP contribution in [0.2, 0.25) is 0 Å². The van der Waals surface area contributed by atoms with Crippen LogP contribution in [0.15, 0.2) is 0 Å². The first-order chi connectivity index (χ1) is 8.31. The number of halogens is 1. The first kappa shape index (κ1) is 13.7. The molecule has 17 heavy (non-hydrogen) atoms. The summed E-state index contributed by atoms with van der Waals surface area (Å²) in [4.78, 5) is 14.2. The van der Waals surface area contributed by atoms with E-state index in [1.807, 2.05) is 16.7 Å². The molecule has 0 aliphatic carbocycles. The summed E-state index contributed by atoms with van der Waals surface area (Å²) in [6.07, 6.45) is 4.62. The van der Waals surface area contributed by atoms with Gasteiger partial charge in [0.25, 0.3) is 0 Å². The Morgan fingerprint density at radius 3 is 2.71 bits per heavy atom. The van der Waals surface area contributed by atoms with E-state index in [0.717, 1.165) is 50.0 Å². The molecule has 0 radical (unpaired) electrons. The molecular formula is C12H20BrNO2S. The van der Waals surface area contributed by atoms with E-state index < -0.39 is 0 Å². The lowest BCUT2D eigenvalue weighted by Crippen LogP contribution is -2.44. The zero-order valence-electron chi connectivity index (χ0n) is 10.1. The van der Waals surface area contributed by atoms with E-state index in [1.165, 1.54) is 6.42 Å². The second-order valence-corrected chi connectivity index (χ2v) is 6.69. The minimum Gasteiger partial charge on any atom is -0.377 e. The zero-order chi connectivity index (χ0) is 12.1. The molecule has 0 aromatic heterocycles. The number of ether oxygens (including phenoxy) is 1. The van der Waals surface area contributed by atoms with Crippen LogP contribution in [0.1, 0.15) is 25.7 Å². The number of hydrogen-bond donors (Lipinski definition) is 0. The largest absolute Gasteiger partial charge is 0.377 e. The van der Waals surface area contributed by atoms with Gasteiger partial charge in [-0.25, -0.2) is 0 Å². The van der Waals surface area contributed by atoms with Crippen molar-refractivity contribution in [1.82, 2.24) is 4.90 Å². The molecule has 1 atom stereocenters. The van der Waals surface area contributed by atoms with Crippen molar-refractivity contribution in [1.29, 1.82) is 0 Å². The third-order valence-corrected chi connectivity index (χ3v) is 5.08. The fraction of sp³-hybridized carbons (Fsp3) is 0.917. The van der Waals surface area contributed by atoms with Crippen molar-refractivity contribution in [3.05, 3.63) is 0 Å². The number of piperidine rings is 1. The van der Waals surface area contributed by atoms with Gasteiger partial charge in [0.1, 0.15) is 0 Å². The van der Waals surface area contributed by atoms with E-state index in [2.05, 4.69) is 15.9 Å². The second kappa shape index (κ2) is 7.00. The number of nitrogens with zero attached hydrogens (tertiary/aromatic N) is 1. The Hall–Kier alpha value is 0.260. The highest BCUT2D eigenvalue weighted by molar-refractivity contribution is 9.09. The van der Waals surface area contributed by atoms with Gasteiger partial charge in [-0.1, -0.05) is 15.9 Å². The highest BCUT2D eigenvalue weighted by atomic mass is 79.9. The molecule has 98 valence electrons. The number of likely N-dealkylation sites (tertiary alicyclic amines) is 1. The summed E-state index contributed by atoms with van der Waals surface area (Å²) in [7, 11) is 0. The van der Waals surface area contributed by atoms with Gasteiger partial charge in [0.2, 0.25) is 5.91 Å². The molecule has 0 saturated carbocycles. The van der Waals surface area contributed by atoms with Gasteiger partial charge in [0.05, 0.1) is 18.0 Å². The van der Waals surface area contributed by atoms with Crippen molar-refractivity contribution in [2.75, 3.05) is 30.8 Å². The van der Waals surface area contributed by atoms with Crippen molar-refractivity contribution in [3.63, 3.8) is 0 Å². The van der Waals surface area contributed by atoms with Crippen LogP contribution in [0.5, 0.6) is 0 Å². The Morgan fingerprint density at radius 2 is 2.12 bits per heavy atom. The van der Waals surface area contributed by atoms with Crippen LogP contribution in [0.4, 0.5) is 0 Å². The molecule has 2 aliphatic rings. The van der Waals surface area contributed by atoms with E-state index in [4.69, 9.17) is 4.74 Å². The third kappa shape index (κ3) is 3.86. The van der Waals surface area contributed by atoms with Crippen LogP contribution < -0.4 is 0 Å². The van der Waals surface area contributed by atoms with Gasteiger partial charge in [-0.3, -0.25) is 4.79 Å².